The Balaban J connectivity index is 2.01. The van der Waals surface area contributed by atoms with E-state index in [2.05, 4.69) is 12.2 Å². The normalized spacial score (nSPS) is 18.4. The summed E-state index contributed by atoms with van der Waals surface area (Å²) in [6.07, 6.45) is 3.63. The van der Waals surface area contributed by atoms with Gasteiger partial charge in [0, 0.05) is 36.8 Å². The minimum atomic E-state index is -0.110. The van der Waals surface area contributed by atoms with Crippen LogP contribution in [0.25, 0.3) is 0 Å². The zero-order valence-corrected chi connectivity index (χ0v) is 12.5. The predicted octanol–water partition coefficient (Wildman–Crippen LogP) is 1.99. The van der Waals surface area contributed by atoms with Gasteiger partial charge in [-0.1, -0.05) is 0 Å². The van der Waals surface area contributed by atoms with Gasteiger partial charge in [0.05, 0.1) is 0 Å². The Hall–Kier alpha value is -1.88. The van der Waals surface area contributed by atoms with Crippen molar-refractivity contribution in [1.29, 1.82) is 0 Å². The number of piperidine rings is 1. The maximum atomic E-state index is 12.5. The molecule has 1 aromatic carbocycles. The summed E-state index contributed by atoms with van der Waals surface area (Å²) in [6.45, 7) is 3.25. The maximum absolute atomic E-state index is 12.5. The Morgan fingerprint density at radius 1 is 1.29 bits per heavy atom. The molecule has 1 aromatic rings. The summed E-state index contributed by atoms with van der Waals surface area (Å²) in [5.41, 5.74) is 6.69. The molecule has 1 heterocycles. The van der Waals surface area contributed by atoms with E-state index in [0.29, 0.717) is 30.3 Å². The largest absolute Gasteiger partial charge is 0.336 e. The minimum absolute atomic E-state index is 0.0713. The summed E-state index contributed by atoms with van der Waals surface area (Å²) in [5, 5.41) is 2.75. The molecule has 0 radical (unpaired) electrons. The first-order valence-corrected chi connectivity index (χ1v) is 7.53. The van der Waals surface area contributed by atoms with Gasteiger partial charge in [-0.05, 0) is 50.5 Å². The molecule has 114 valence electrons. The molecule has 21 heavy (non-hydrogen) atoms. The fourth-order valence-corrected chi connectivity index (χ4v) is 2.62. The number of rotatable bonds is 4. The Kier molecular flexibility index (Phi) is 5.33. The SMILES string of the molecule is CC1CCCCN1C(=O)c1ccc(NC(=O)CCN)cc1. The molecule has 5 heteroatoms. The number of likely N-dealkylation sites (tertiary alicyclic amines) is 1. The van der Waals surface area contributed by atoms with Crippen molar-refractivity contribution in [3.05, 3.63) is 29.8 Å². The van der Waals surface area contributed by atoms with Crippen molar-refractivity contribution in [1.82, 2.24) is 4.90 Å². The number of carbonyl (C=O) groups is 2. The van der Waals surface area contributed by atoms with Crippen LogP contribution in [0.15, 0.2) is 24.3 Å². The quantitative estimate of drug-likeness (QED) is 0.890. The zero-order valence-electron chi connectivity index (χ0n) is 12.5. The van der Waals surface area contributed by atoms with E-state index >= 15 is 0 Å². The third-order valence-electron chi connectivity index (χ3n) is 3.85. The number of anilines is 1. The summed E-state index contributed by atoms with van der Waals surface area (Å²) < 4.78 is 0. The van der Waals surface area contributed by atoms with Gasteiger partial charge < -0.3 is 16.0 Å². The molecule has 0 saturated carbocycles. The Morgan fingerprint density at radius 2 is 2.00 bits per heavy atom. The van der Waals surface area contributed by atoms with E-state index < -0.39 is 0 Å². The van der Waals surface area contributed by atoms with Crippen LogP contribution in [0.1, 0.15) is 43.0 Å². The first kappa shape index (κ1) is 15.5. The molecule has 5 nitrogen and oxygen atoms in total. The second-order valence-electron chi connectivity index (χ2n) is 5.51. The lowest BCUT2D eigenvalue weighted by molar-refractivity contribution is -0.116. The van der Waals surface area contributed by atoms with E-state index in [-0.39, 0.29) is 11.8 Å². The molecule has 2 rings (SSSR count). The number of hydrogen-bond acceptors (Lipinski definition) is 3. The first-order valence-electron chi connectivity index (χ1n) is 7.53. The zero-order chi connectivity index (χ0) is 15.2. The number of benzene rings is 1. The number of hydrogen-bond donors (Lipinski definition) is 2. The van der Waals surface area contributed by atoms with Crippen LogP contribution in [0.5, 0.6) is 0 Å². The molecule has 0 spiro atoms. The molecular weight excluding hydrogens is 266 g/mol. The highest BCUT2D eigenvalue weighted by molar-refractivity contribution is 5.96. The van der Waals surface area contributed by atoms with Gasteiger partial charge in [0.1, 0.15) is 0 Å². The average Bonchev–Trinajstić information content (AvgIpc) is 2.48. The highest BCUT2D eigenvalue weighted by Crippen LogP contribution is 2.20. The maximum Gasteiger partial charge on any atom is 0.254 e. The van der Waals surface area contributed by atoms with Crippen molar-refractivity contribution < 1.29 is 9.59 Å². The van der Waals surface area contributed by atoms with E-state index in [9.17, 15) is 9.59 Å². The third-order valence-corrected chi connectivity index (χ3v) is 3.85. The van der Waals surface area contributed by atoms with Crippen molar-refractivity contribution in [3.63, 3.8) is 0 Å². The fraction of sp³-hybridized carbons (Fsp3) is 0.500. The lowest BCUT2D eigenvalue weighted by Gasteiger charge is -2.33. The van der Waals surface area contributed by atoms with E-state index in [4.69, 9.17) is 5.73 Å². The second kappa shape index (κ2) is 7.22. The monoisotopic (exact) mass is 289 g/mol. The highest BCUT2D eigenvalue weighted by atomic mass is 16.2. The Labute approximate surface area is 125 Å². The van der Waals surface area contributed by atoms with Crippen molar-refractivity contribution in [2.24, 2.45) is 5.73 Å². The predicted molar refractivity (Wildman–Crippen MR) is 83.1 cm³/mol. The van der Waals surface area contributed by atoms with Crippen molar-refractivity contribution >= 4 is 17.5 Å². The van der Waals surface area contributed by atoms with Crippen LogP contribution >= 0.6 is 0 Å². The van der Waals surface area contributed by atoms with Crippen molar-refractivity contribution in [3.8, 4) is 0 Å². The topological polar surface area (TPSA) is 75.4 Å². The molecule has 0 aliphatic carbocycles. The number of nitrogens with zero attached hydrogens (tertiary/aromatic N) is 1. The van der Waals surface area contributed by atoms with Gasteiger partial charge in [-0.25, -0.2) is 0 Å². The van der Waals surface area contributed by atoms with Crippen LogP contribution in [0, 0.1) is 0 Å². The molecule has 0 aromatic heterocycles. The Morgan fingerprint density at radius 3 is 2.62 bits per heavy atom. The summed E-state index contributed by atoms with van der Waals surface area (Å²) in [7, 11) is 0. The molecule has 2 amide bonds. The summed E-state index contributed by atoms with van der Waals surface area (Å²) in [5.74, 6) is -0.0386. The van der Waals surface area contributed by atoms with Crippen molar-refractivity contribution in [2.75, 3.05) is 18.4 Å². The highest BCUT2D eigenvalue weighted by Gasteiger charge is 2.23. The van der Waals surface area contributed by atoms with Crippen LogP contribution in [0.3, 0.4) is 0 Å². The van der Waals surface area contributed by atoms with Crippen LogP contribution in [0.2, 0.25) is 0 Å². The summed E-state index contributed by atoms with van der Waals surface area (Å²) in [4.78, 5) is 25.9. The van der Waals surface area contributed by atoms with Crippen LogP contribution in [-0.4, -0.2) is 35.8 Å². The molecule has 1 aliphatic heterocycles. The standard InChI is InChI=1S/C16H23N3O2/c1-12-4-2-3-11-19(12)16(21)13-5-7-14(8-6-13)18-15(20)9-10-17/h5-8,12H,2-4,9-11,17H2,1H3,(H,18,20). The van der Waals surface area contributed by atoms with E-state index in [0.717, 1.165) is 19.4 Å². The molecule has 1 atom stereocenters. The van der Waals surface area contributed by atoms with Gasteiger partial charge in [0.15, 0.2) is 0 Å². The lowest BCUT2D eigenvalue weighted by atomic mass is 10.0. The van der Waals surface area contributed by atoms with Crippen LogP contribution in [-0.2, 0) is 4.79 Å². The Bertz CT molecular complexity index is 499. The van der Waals surface area contributed by atoms with Crippen LogP contribution < -0.4 is 11.1 Å². The van der Waals surface area contributed by atoms with E-state index in [1.807, 2.05) is 4.90 Å². The lowest BCUT2D eigenvalue weighted by Crippen LogP contribution is -2.42. The number of carbonyl (C=O) groups excluding carboxylic acids is 2. The van der Waals surface area contributed by atoms with Gasteiger partial charge in [-0.2, -0.15) is 0 Å². The number of nitrogens with two attached hydrogens (primary N) is 1. The van der Waals surface area contributed by atoms with Gasteiger partial charge in [-0.15, -0.1) is 0 Å². The van der Waals surface area contributed by atoms with Crippen LogP contribution in [0.4, 0.5) is 5.69 Å². The number of nitrogens with one attached hydrogen (secondary N) is 1. The fourth-order valence-electron chi connectivity index (χ4n) is 2.62. The molecule has 1 unspecified atom stereocenters. The molecule has 1 fully saturated rings. The second-order valence-corrected chi connectivity index (χ2v) is 5.51. The number of amides is 2. The van der Waals surface area contributed by atoms with E-state index in [1.54, 1.807) is 24.3 Å². The smallest absolute Gasteiger partial charge is 0.254 e. The molecule has 1 aliphatic rings. The molecule has 1 saturated heterocycles. The van der Waals surface area contributed by atoms with Gasteiger partial charge >= 0.3 is 0 Å². The third kappa shape index (κ3) is 4.04. The van der Waals surface area contributed by atoms with Gasteiger partial charge in [0.2, 0.25) is 5.91 Å². The average molecular weight is 289 g/mol. The first-order chi connectivity index (χ1) is 10.1. The van der Waals surface area contributed by atoms with Gasteiger partial charge in [0.25, 0.3) is 5.91 Å². The summed E-state index contributed by atoms with van der Waals surface area (Å²) >= 11 is 0. The molecular formula is C16H23N3O2. The minimum Gasteiger partial charge on any atom is -0.336 e. The van der Waals surface area contributed by atoms with E-state index in [1.165, 1.54) is 6.42 Å². The van der Waals surface area contributed by atoms with Gasteiger partial charge in [-0.3, -0.25) is 9.59 Å². The molecule has 0 bridgehead atoms. The molecule has 3 N–H and O–H groups in total. The summed E-state index contributed by atoms with van der Waals surface area (Å²) in [6, 6.07) is 7.35. The van der Waals surface area contributed by atoms with Crippen molar-refractivity contribution in [2.45, 2.75) is 38.6 Å².